The summed E-state index contributed by atoms with van der Waals surface area (Å²) in [6, 6.07) is 31.4. The van der Waals surface area contributed by atoms with Gasteiger partial charge in [0.2, 0.25) is 5.91 Å². The van der Waals surface area contributed by atoms with Gasteiger partial charge in [-0.05, 0) is 36.1 Å². The zero-order valence-corrected chi connectivity index (χ0v) is 19.9. The highest BCUT2D eigenvalue weighted by atomic mass is 16.3. The average Bonchev–Trinajstić information content (AvgIpc) is 3.33. The van der Waals surface area contributed by atoms with Crippen molar-refractivity contribution >= 4 is 11.8 Å². The monoisotopic (exact) mass is 466 g/mol. The predicted octanol–water partition coefficient (Wildman–Crippen LogP) is 5.72. The van der Waals surface area contributed by atoms with E-state index >= 15 is 0 Å². The second-order valence-corrected chi connectivity index (χ2v) is 8.57. The number of carbonyl (C=O) groups is 2. The first-order valence-corrected chi connectivity index (χ1v) is 11.9. The largest absolute Gasteiger partial charge is 0.469 e. The van der Waals surface area contributed by atoms with Gasteiger partial charge in [-0.2, -0.15) is 0 Å². The molecule has 1 unspecified atom stereocenters. The Morgan fingerprint density at radius 3 is 2.03 bits per heavy atom. The lowest BCUT2D eigenvalue weighted by Crippen LogP contribution is -2.36. The molecule has 0 radical (unpaired) electrons. The van der Waals surface area contributed by atoms with Crippen LogP contribution in [0.1, 0.15) is 45.3 Å². The van der Waals surface area contributed by atoms with Gasteiger partial charge in [0.15, 0.2) is 0 Å². The van der Waals surface area contributed by atoms with E-state index in [2.05, 4.69) is 17.4 Å². The fourth-order valence-electron chi connectivity index (χ4n) is 4.12. The first kappa shape index (κ1) is 24.0. The van der Waals surface area contributed by atoms with Crippen LogP contribution in [0.15, 0.2) is 108 Å². The lowest BCUT2D eigenvalue weighted by molar-refractivity contribution is -0.122. The number of nitrogens with one attached hydrogen (secondary N) is 1. The predicted molar refractivity (Wildman–Crippen MR) is 137 cm³/mol. The highest BCUT2D eigenvalue weighted by molar-refractivity contribution is 5.95. The molecule has 4 rings (SSSR count). The van der Waals surface area contributed by atoms with Gasteiger partial charge in [-0.1, -0.05) is 91.0 Å². The molecule has 1 N–H and O–H groups in total. The maximum Gasteiger partial charge on any atom is 0.257 e. The van der Waals surface area contributed by atoms with Gasteiger partial charge in [-0.15, -0.1) is 0 Å². The molecule has 3 aromatic carbocycles. The van der Waals surface area contributed by atoms with Gasteiger partial charge in [-0.25, -0.2) is 0 Å². The van der Waals surface area contributed by atoms with E-state index in [4.69, 9.17) is 4.42 Å². The lowest BCUT2D eigenvalue weighted by Gasteiger charge is -2.24. The molecule has 178 valence electrons. The Bertz CT molecular complexity index is 1220. The van der Waals surface area contributed by atoms with Crippen LogP contribution in [0.25, 0.3) is 0 Å². The molecule has 5 heteroatoms. The van der Waals surface area contributed by atoms with Crippen molar-refractivity contribution in [3.63, 3.8) is 0 Å². The van der Waals surface area contributed by atoms with Crippen LogP contribution in [0.2, 0.25) is 0 Å². The molecule has 1 atom stereocenters. The van der Waals surface area contributed by atoms with Gasteiger partial charge in [0.05, 0.1) is 17.9 Å². The summed E-state index contributed by atoms with van der Waals surface area (Å²) in [7, 11) is 0. The van der Waals surface area contributed by atoms with E-state index < -0.39 is 0 Å². The summed E-state index contributed by atoms with van der Waals surface area (Å²) in [5.74, 6) is 0.339. The normalized spacial score (nSPS) is 11.6. The average molecular weight is 467 g/mol. The molecule has 0 aliphatic heterocycles. The Labute approximate surface area is 206 Å². The van der Waals surface area contributed by atoms with E-state index in [9.17, 15) is 9.59 Å². The van der Waals surface area contributed by atoms with E-state index in [1.165, 1.54) is 6.26 Å². The highest BCUT2D eigenvalue weighted by Gasteiger charge is 2.22. The van der Waals surface area contributed by atoms with Crippen molar-refractivity contribution in [2.45, 2.75) is 32.4 Å². The van der Waals surface area contributed by atoms with Crippen LogP contribution < -0.4 is 5.32 Å². The maximum absolute atomic E-state index is 13.3. The van der Waals surface area contributed by atoms with Crippen molar-refractivity contribution in [3.8, 4) is 0 Å². The summed E-state index contributed by atoms with van der Waals surface area (Å²) in [6.07, 6.45) is 2.41. The Kier molecular flexibility index (Phi) is 8.12. The third kappa shape index (κ3) is 6.70. The van der Waals surface area contributed by atoms with E-state index in [-0.39, 0.29) is 24.3 Å². The number of nitrogens with zero attached hydrogens (tertiary/aromatic N) is 1. The van der Waals surface area contributed by atoms with Gasteiger partial charge >= 0.3 is 0 Å². The third-order valence-electron chi connectivity index (χ3n) is 6.02. The van der Waals surface area contributed by atoms with Crippen LogP contribution in [-0.2, 0) is 17.8 Å². The second kappa shape index (κ2) is 11.8. The molecule has 5 nitrogen and oxygen atoms in total. The second-order valence-electron chi connectivity index (χ2n) is 8.57. The number of furan rings is 1. The number of hydrogen-bond donors (Lipinski definition) is 1. The van der Waals surface area contributed by atoms with E-state index in [1.807, 2.05) is 78.9 Å². The van der Waals surface area contributed by atoms with Crippen LogP contribution >= 0.6 is 0 Å². The maximum atomic E-state index is 13.3. The Hall–Kier alpha value is -4.12. The minimum atomic E-state index is -0.152. The minimum absolute atomic E-state index is 0.0930. The number of carbonyl (C=O) groups excluding carboxylic acids is 2. The van der Waals surface area contributed by atoms with Gasteiger partial charge in [0.1, 0.15) is 5.76 Å². The molecular formula is C30H30N2O3. The van der Waals surface area contributed by atoms with Crippen molar-refractivity contribution in [2.24, 2.45) is 0 Å². The molecular weight excluding hydrogens is 436 g/mol. The van der Waals surface area contributed by atoms with E-state index in [1.54, 1.807) is 17.9 Å². The van der Waals surface area contributed by atoms with Crippen molar-refractivity contribution in [1.82, 2.24) is 10.2 Å². The molecule has 35 heavy (non-hydrogen) atoms. The fourth-order valence-corrected chi connectivity index (χ4v) is 4.12. The van der Waals surface area contributed by atoms with Crippen LogP contribution in [0.5, 0.6) is 0 Å². The highest BCUT2D eigenvalue weighted by Crippen LogP contribution is 2.19. The molecule has 0 aliphatic carbocycles. The van der Waals surface area contributed by atoms with Crippen LogP contribution in [0.3, 0.4) is 0 Å². The standard InChI is InChI=1S/C30H30N2O3/c1-23-27(18-20-35-23)30(34)32(22-25-13-7-3-8-14-25)19-17-29(33)31-28(26-15-9-4-10-16-26)21-24-11-5-2-6-12-24/h2-16,18,20,28H,17,19,21-22H2,1H3,(H,31,33). The quantitative estimate of drug-likeness (QED) is 0.325. The molecule has 0 bridgehead atoms. The molecule has 1 aromatic heterocycles. The topological polar surface area (TPSA) is 62.6 Å². The van der Waals surface area contributed by atoms with Crippen molar-refractivity contribution in [3.05, 3.63) is 131 Å². The van der Waals surface area contributed by atoms with Gasteiger partial charge in [-0.3, -0.25) is 9.59 Å². The summed E-state index contributed by atoms with van der Waals surface area (Å²) in [5.41, 5.74) is 3.73. The summed E-state index contributed by atoms with van der Waals surface area (Å²) in [4.78, 5) is 28.1. The van der Waals surface area contributed by atoms with Crippen LogP contribution in [-0.4, -0.2) is 23.3 Å². The van der Waals surface area contributed by atoms with Gasteiger partial charge in [0.25, 0.3) is 5.91 Å². The SMILES string of the molecule is Cc1occc1C(=O)N(CCC(=O)NC(Cc1ccccc1)c1ccccc1)Cc1ccccc1. The smallest absolute Gasteiger partial charge is 0.257 e. The summed E-state index contributed by atoms with van der Waals surface area (Å²) in [5, 5.41) is 3.19. The Morgan fingerprint density at radius 2 is 1.43 bits per heavy atom. The number of benzene rings is 3. The third-order valence-corrected chi connectivity index (χ3v) is 6.02. The van der Waals surface area contributed by atoms with Crippen LogP contribution in [0.4, 0.5) is 0 Å². The summed E-state index contributed by atoms with van der Waals surface area (Å²) >= 11 is 0. The fraction of sp³-hybridized carbons (Fsp3) is 0.200. The van der Waals surface area contributed by atoms with Crippen molar-refractivity contribution in [2.75, 3.05) is 6.54 Å². The minimum Gasteiger partial charge on any atom is -0.469 e. The first-order chi connectivity index (χ1) is 17.1. The van der Waals surface area contributed by atoms with Gasteiger partial charge < -0.3 is 14.6 Å². The molecule has 0 fully saturated rings. The van der Waals surface area contributed by atoms with Crippen LogP contribution in [0, 0.1) is 6.92 Å². The molecule has 0 spiro atoms. The summed E-state index contributed by atoms with van der Waals surface area (Å²) in [6.45, 7) is 2.50. The lowest BCUT2D eigenvalue weighted by atomic mass is 9.98. The molecule has 0 aliphatic rings. The molecule has 4 aromatic rings. The number of rotatable bonds is 10. The summed E-state index contributed by atoms with van der Waals surface area (Å²) < 4.78 is 5.34. The van der Waals surface area contributed by atoms with E-state index in [0.717, 1.165) is 16.7 Å². The number of hydrogen-bond acceptors (Lipinski definition) is 3. The van der Waals surface area contributed by atoms with Gasteiger partial charge in [0, 0.05) is 19.5 Å². The molecule has 0 saturated carbocycles. The zero-order chi connectivity index (χ0) is 24.5. The molecule has 1 heterocycles. The molecule has 0 saturated heterocycles. The Balaban J connectivity index is 1.46. The number of aryl methyl sites for hydroxylation is 1. The number of amides is 2. The molecule has 2 amide bonds. The van der Waals surface area contributed by atoms with Crippen molar-refractivity contribution in [1.29, 1.82) is 0 Å². The Morgan fingerprint density at radius 1 is 0.829 bits per heavy atom. The zero-order valence-electron chi connectivity index (χ0n) is 19.9. The van der Waals surface area contributed by atoms with E-state index in [0.29, 0.717) is 30.8 Å². The van der Waals surface area contributed by atoms with Crippen molar-refractivity contribution < 1.29 is 14.0 Å². The first-order valence-electron chi connectivity index (χ1n) is 11.9.